The first-order valence-corrected chi connectivity index (χ1v) is 16.9. The van der Waals surface area contributed by atoms with Crippen LogP contribution in [-0.4, -0.2) is 31.8 Å². The number of carbonyl (C=O) groups is 3. The second-order valence-electron chi connectivity index (χ2n) is 12.8. The Labute approximate surface area is 293 Å². The quantitative estimate of drug-likeness (QED) is 0.160. The maximum Gasteiger partial charge on any atom is 0.239 e. The van der Waals surface area contributed by atoms with E-state index >= 15 is 14.4 Å². The summed E-state index contributed by atoms with van der Waals surface area (Å²) in [6.45, 7) is 1.95. The van der Waals surface area contributed by atoms with Gasteiger partial charge in [0.05, 0.1) is 42.6 Å². The lowest BCUT2D eigenvalue weighted by atomic mass is 9.59. The van der Waals surface area contributed by atoms with Gasteiger partial charge in [-0.3, -0.25) is 14.4 Å². The first kappa shape index (κ1) is 31.0. The van der Waals surface area contributed by atoms with Crippen LogP contribution >= 0.6 is 15.9 Å². The number of hydrogen-bond donors (Lipinski definition) is 0. The van der Waals surface area contributed by atoms with Gasteiger partial charge in [-0.25, -0.2) is 4.90 Å². The summed E-state index contributed by atoms with van der Waals surface area (Å²) in [6.07, 6.45) is 0. The smallest absolute Gasteiger partial charge is 0.239 e. The predicted octanol–water partition coefficient (Wildman–Crippen LogP) is 7.96. The summed E-state index contributed by atoms with van der Waals surface area (Å²) in [7, 11) is 3.22. The molecule has 5 aromatic carbocycles. The molecule has 2 amide bonds. The van der Waals surface area contributed by atoms with Gasteiger partial charge in [-0.1, -0.05) is 107 Å². The number of amides is 2. The van der Waals surface area contributed by atoms with Crippen LogP contribution in [-0.2, 0) is 25.2 Å². The Balaban J connectivity index is 1.54. The zero-order chi connectivity index (χ0) is 34.1. The zero-order valence-corrected chi connectivity index (χ0v) is 28.7. The molecule has 1 saturated carbocycles. The molecule has 2 bridgehead atoms. The summed E-state index contributed by atoms with van der Waals surface area (Å²) in [4.78, 5) is 47.7. The van der Waals surface area contributed by atoms with Gasteiger partial charge in [0.2, 0.25) is 11.8 Å². The summed E-state index contributed by atoms with van der Waals surface area (Å²) in [5.74, 6) is -1.63. The molecule has 3 aliphatic rings. The van der Waals surface area contributed by atoms with Crippen molar-refractivity contribution >= 4 is 50.4 Å². The lowest BCUT2D eigenvalue weighted by molar-refractivity contribution is -0.130. The lowest BCUT2D eigenvalue weighted by Gasteiger charge is -2.39. The second-order valence-corrected chi connectivity index (χ2v) is 13.6. The van der Waals surface area contributed by atoms with Crippen molar-refractivity contribution in [1.82, 2.24) is 0 Å². The highest BCUT2D eigenvalue weighted by Gasteiger charge is 2.82. The molecule has 0 spiro atoms. The Bertz CT molecular complexity index is 2050. The highest BCUT2D eigenvalue weighted by molar-refractivity contribution is 9.10. The zero-order valence-electron chi connectivity index (χ0n) is 27.1. The number of anilines is 1. The molecule has 5 aromatic rings. The minimum atomic E-state index is -1.49. The van der Waals surface area contributed by atoms with Gasteiger partial charge in [0.15, 0.2) is 5.78 Å². The summed E-state index contributed by atoms with van der Waals surface area (Å²) in [6, 6.07) is 39.8. The van der Waals surface area contributed by atoms with Gasteiger partial charge in [-0.05, 0) is 82.3 Å². The number of Topliss-reactive ketones (excluding diaryl/α,β-unsaturated/α-hetero) is 1. The molecule has 0 N–H and O–H groups in total. The summed E-state index contributed by atoms with van der Waals surface area (Å²) in [5.41, 5.74) is 2.80. The Morgan fingerprint density at radius 2 is 1.02 bits per heavy atom. The molecule has 1 saturated heterocycles. The number of aryl methyl sites for hydroxylation is 1. The topological polar surface area (TPSA) is 72.9 Å². The summed E-state index contributed by atoms with van der Waals surface area (Å²) in [5, 5.41) is 0. The second kappa shape index (κ2) is 11.4. The molecule has 0 aromatic heterocycles. The number of methoxy groups -OCH3 is 2. The first-order valence-electron chi connectivity index (χ1n) is 16.1. The molecule has 6 nitrogen and oxygen atoms in total. The van der Waals surface area contributed by atoms with Crippen molar-refractivity contribution in [2.24, 2.45) is 11.8 Å². The average Bonchev–Trinajstić information content (AvgIpc) is 3.65. The van der Waals surface area contributed by atoms with Gasteiger partial charge >= 0.3 is 0 Å². The van der Waals surface area contributed by atoms with Gasteiger partial charge in [0, 0.05) is 4.47 Å². The molecule has 242 valence electrons. The molecular formula is C42H32BrNO5. The van der Waals surface area contributed by atoms with E-state index in [1.807, 2.05) is 128 Å². The molecule has 0 unspecified atom stereocenters. The number of hydrogen-bond acceptors (Lipinski definition) is 5. The van der Waals surface area contributed by atoms with Crippen molar-refractivity contribution < 1.29 is 23.9 Å². The fourth-order valence-electron chi connectivity index (χ4n) is 8.62. The number of imide groups is 1. The predicted molar refractivity (Wildman–Crippen MR) is 192 cm³/mol. The van der Waals surface area contributed by atoms with E-state index in [-0.39, 0.29) is 17.6 Å². The van der Waals surface area contributed by atoms with E-state index in [0.29, 0.717) is 28.3 Å². The standard InChI is InChI=1S/C42H32BrNO5/c1-25-14-19-30(24-33(25)43)44-38(45)36-37(39(44)46)42(29-12-8-5-9-13-29)35(27-17-22-32(49-3)23-18-27)34(26-15-20-31(48-2)21-16-26)41(36,40(42)47)28-10-6-4-7-11-28/h4-24,36-37H,1-3H3/t36-,37-,41-,42-/m0/s1. The normalized spacial score (nSPS) is 24.1. The number of ketones is 1. The fourth-order valence-corrected chi connectivity index (χ4v) is 8.98. The number of benzene rings is 5. The van der Waals surface area contributed by atoms with Crippen LogP contribution < -0.4 is 14.4 Å². The van der Waals surface area contributed by atoms with Crippen LogP contribution in [0, 0.1) is 18.8 Å². The third kappa shape index (κ3) is 4.09. The van der Waals surface area contributed by atoms with E-state index in [1.54, 1.807) is 20.3 Å². The highest BCUT2D eigenvalue weighted by atomic mass is 79.9. The van der Waals surface area contributed by atoms with Crippen LogP contribution in [0.5, 0.6) is 11.5 Å². The van der Waals surface area contributed by atoms with E-state index < -0.39 is 22.7 Å². The minimum absolute atomic E-state index is 0.171. The Kier molecular flexibility index (Phi) is 7.23. The molecule has 2 aliphatic carbocycles. The van der Waals surface area contributed by atoms with E-state index in [9.17, 15) is 0 Å². The van der Waals surface area contributed by atoms with Gasteiger partial charge in [-0.2, -0.15) is 0 Å². The fraction of sp³-hybridized carbons (Fsp3) is 0.167. The van der Waals surface area contributed by atoms with Gasteiger partial charge in [-0.15, -0.1) is 0 Å². The number of halogens is 1. The summed E-state index contributed by atoms with van der Waals surface area (Å²) < 4.78 is 11.8. The van der Waals surface area contributed by atoms with Crippen LogP contribution in [0.15, 0.2) is 132 Å². The number of ether oxygens (including phenoxy) is 2. The number of rotatable bonds is 7. The van der Waals surface area contributed by atoms with Crippen LogP contribution in [0.2, 0.25) is 0 Å². The lowest BCUT2D eigenvalue weighted by Crippen LogP contribution is -2.45. The molecule has 0 radical (unpaired) electrons. The SMILES string of the molecule is COc1ccc(C2=C(c3ccc(OC)cc3)[C@]3(c4ccccc4)C(=O)[C@]2(c2ccccc2)[C@@H]2C(=O)N(c4ccc(C)c(Br)c4)C(=O)[C@H]23)cc1. The van der Waals surface area contributed by atoms with Crippen molar-refractivity contribution in [3.05, 3.63) is 160 Å². The average molecular weight is 711 g/mol. The van der Waals surface area contributed by atoms with E-state index in [4.69, 9.17) is 9.47 Å². The molecular weight excluding hydrogens is 678 g/mol. The van der Waals surface area contributed by atoms with Crippen LogP contribution in [0.25, 0.3) is 11.1 Å². The number of carbonyl (C=O) groups excluding carboxylic acids is 3. The van der Waals surface area contributed by atoms with Crippen molar-refractivity contribution in [3.8, 4) is 11.5 Å². The first-order chi connectivity index (χ1) is 23.8. The third-order valence-electron chi connectivity index (χ3n) is 10.6. The van der Waals surface area contributed by atoms with Crippen LogP contribution in [0.4, 0.5) is 5.69 Å². The highest BCUT2D eigenvalue weighted by Crippen LogP contribution is 2.74. The maximum absolute atomic E-state index is 16.1. The molecule has 49 heavy (non-hydrogen) atoms. The molecule has 2 fully saturated rings. The van der Waals surface area contributed by atoms with E-state index in [2.05, 4.69) is 15.9 Å². The van der Waals surface area contributed by atoms with Crippen molar-refractivity contribution in [3.63, 3.8) is 0 Å². The van der Waals surface area contributed by atoms with Crippen molar-refractivity contribution in [2.75, 3.05) is 19.1 Å². The Morgan fingerprint density at radius 1 is 0.592 bits per heavy atom. The van der Waals surface area contributed by atoms with Crippen LogP contribution in [0.1, 0.15) is 27.8 Å². The number of allylic oxidation sites excluding steroid dienone is 2. The molecule has 1 aliphatic heterocycles. The molecule has 4 atom stereocenters. The molecule has 1 heterocycles. The van der Waals surface area contributed by atoms with Crippen molar-refractivity contribution in [2.45, 2.75) is 17.8 Å². The van der Waals surface area contributed by atoms with Crippen molar-refractivity contribution in [1.29, 1.82) is 0 Å². The number of nitrogens with zero attached hydrogens (tertiary/aromatic N) is 1. The van der Waals surface area contributed by atoms with Gasteiger partial charge in [0.25, 0.3) is 0 Å². The Morgan fingerprint density at radius 3 is 1.41 bits per heavy atom. The van der Waals surface area contributed by atoms with Crippen LogP contribution in [0.3, 0.4) is 0 Å². The molecule has 8 rings (SSSR count). The van der Waals surface area contributed by atoms with Gasteiger partial charge in [0.1, 0.15) is 11.5 Å². The molecule has 7 heteroatoms. The van der Waals surface area contributed by atoms with E-state index in [0.717, 1.165) is 32.3 Å². The third-order valence-corrected chi connectivity index (χ3v) is 11.5. The monoisotopic (exact) mass is 709 g/mol. The van der Waals surface area contributed by atoms with Gasteiger partial charge < -0.3 is 9.47 Å². The maximum atomic E-state index is 16.1. The Hall–Kier alpha value is -5.27. The summed E-state index contributed by atoms with van der Waals surface area (Å²) >= 11 is 3.61. The van der Waals surface area contributed by atoms with E-state index in [1.165, 1.54) is 4.90 Å². The number of fused-ring (bicyclic) bond motifs is 5. The largest absolute Gasteiger partial charge is 0.497 e. The minimum Gasteiger partial charge on any atom is -0.497 e.